The van der Waals surface area contributed by atoms with Gasteiger partial charge in [0, 0.05) is 35.9 Å². The number of hydrogen-bond donors (Lipinski definition) is 1. The number of hydrogen-bond acceptors (Lipinski definition) is 5. The molecule has 0 unspecified atom stereocenters. The van der Waals surface area contributed by atoms with Crippen LogP contribution in [0.1, 0.15) is 16.1 Å². The van der Waals surface area contributed by atoms with Crippen LogP contribution in [0.25, 0.3) is 10.7 Å². The van der Waals surface area contributed by atoms with Crippen LogP contribution in [0.2, 0.25) is 0 Å². The molecule has 116 valence electrons. The van der Waals surface area contributed by atoms with Gasteiger partial charge in [0.15, 0.2) is 0 Å². The largest absolute Gasteiger partial charge is 0.346 e. The summed E-state index contributed by atoms with van der Waals surface area (Å²) in [5, 5.41) is 4.70. The standard InChI is InChI=1S/C15H10F2N4OS/c16-10-2-1-9(11(17)5-10)6-20-14(22)13-8-23-15(21-13)12-7-18-3-4-19-12/h1-5,7-8H,6H2,(H,20,22). The minimum Gasteiger partial charge on any atom is -0.346 e. The first-order valence-corrected chi connectivity index (χ1v) is 7.45. The van der Waals surface area contributed by atoms with Crippen molar-refractivity contribution in [2.75, 3.05) is 0 Å². The Bertz CT molecular complexity index is 839. The van der Waals surface area contributed by atoms with Crippen LogP contribution in [0.15, 0.2) is 42.2 Å². The third-order valence-corrected chi connectivity index (χ3v) is 3.84. The Kier molecular flexibility index (Phi) is 4.33. The second-order valence-electron chi connectivity index (χ2n) is 4.55. The third kappa shape index (κ3) is 3.54. The van der Waals surface area contributed by atoms with Gasteiger partial charge in [-0.15, -0.1) is 11.3 Å². The van der Waals surface area contributed by atoms with Gasteiger partial charge in [-0.25, -0.2) is 13.8 Å². The normalized spacial score (nSPS) is 10.5. The van der Waals surface area contributed by atoms with Crippen molar-refractivity contribution in [2.24, 2.45) is 0 Å². The lowest BCUT2D eigenvalue weighted by Gasteiger charge is -2.04. The summed E-state index contributed by atoms with van der Waals surface area (Å²) in [6.45, 7) is -0.0526. The van der Waals surface area contributed by atoms with Crippen LogP contribution in [-0.4, -0.2) is 20.9 Å². The Labute approximate surface area is 134 Å². The Morgan fingerprint density at radius 3 is 2.87 bits per heavy atom. The summed E-state index contributed by atoms with van der Waals surface area (Å²) in [7, 11) is 0. The predicted molar refractivity (Wildman–Crippen MR) is 80.7 cm³/mol. The first-order valence-electron chi connectivity index (χ1n) is 6.57. The number of nitrogens with zero attached hydrogens (tertiary/aromatic N) is 3. The molecule has 3 aromatic rings. The fraction of sp³-hybridized carbons (Fsp3) is 0.0667. The molecule has 2 aromatic heterocycles. The van der Waals surface area contributed by atoms with Gasteiger partial charge in [-0.05, 0) is 6.07 Å². The summed E-state index contributed by atoms with van der Waals surface area (Å²) in [5.41, 5.74) is 0.975. The van der Waals surface area contributed by atoms with Gasteiger partial charge in [-0.1, -0.05) is 6.07 Å². The van der Waals surface area contributed by atoms with Crippen LogP contribution in [0.4, 0.5) is 8.78 Å². The molecular weight excluding hydrogens is 322 g/mol. The average molecular weight is 332 g/mol. The molecule has 1 amide bonds. The molecule has 5 nitrogen and oxygen atoms in total. The molecule has 0 aliphatic heterocycles. The number of carbonyl (C=O) groups excluding carboxylic acids is 1. The molecule has 0 radical (unpaired) electrons. The van der Waals surface area contributed by atoms with E-state index in [4.69, 9.17) is 0 Å². The monoisotopic (exact) mass is 332 g/mol. The second kappa shape index (κ2) is 6.57. The number of rotatable bonds is 4. The summed E-state index contributed by atoms with van der Waals surface area (Å²) in [4.78, 5) is 24.3. The van der Waals surface area contributed by atoms with Gasteiger partial charge in [0.05, 0.1) is 6.20 Å². The van der Waals surface area contributed by atoms with Crippen LogP contribution < -0.4 is 5.32 Å². The Morgan fingerprint density at radius 1 is 1.26 bits per heavy atom. The van der Waals surface area contributed by atoms with Gasteiger partial charge in [0.2, 0.25) is 0 Å². The summed E-state index contributed by atoms with van der Waals surface area (Å²) in [5.74, 6) is -1.81. The van der Waals surface area contributed by atoms with Crippen LogP contribution in [0.3, 0.4) is 0 Å². The van der Waals surface area contributed by atoms with Crippen molar-refractivity contribution in [3.63, 3.8) is 0 Å². The van der Waals surface area contributed by atoms with E-state index in [2.05, 4.69) is 20.3 Å². The van der Waals surface area contributed by atoms with Gasteiger partial charge in [0.25, 0.3) is 5.91 Å². The van der Waals surface area contributed by atoms with Crippen molar-refractivity contribution in [1.82, 2.24) is 20.3 Å². The Morgan fingerprint density at radius 2 is 2.13 bits per heavy atom. The highest BCUT2D eigenvalue weighted by Crippen LogP contribution is 2.20. The van der Waals surface area contributed by atoms with Crippen LogP contribution in [0, 0.1) is 11.6 Å². The van der Waals surface area contributed by atoms with Crippen LogP contribution >= 0.6 is 11.3 Å². The predicted octanol–water partition coefficient (Wildman–Crippen LogP) is 2.81. The lowest BCUT2D eigenvalue weighted by molar-refractivity contribution is 0.0946. The van der Waals surface area contributed by atoms with Crippen molar-refractivity contribution < 1.29 is 13.6 Å². The van der Waals surface area contributed by atoms with Gasteiger partial charge in [0.1, 0.15) is 28.0 Å². The molecule has 3 rings (SSSR count). The Balaban J connectivity index is 1.68. The van der Waals surface area contributed by atoms with Crippen molar-refractivity contribution >= 4 is 17.2 Å². The zero-order chi connectivity index (χ0) is 16.2. The molecule has 0 atom stereocenters. The summed E-state index contributed by atoms with van der Waals surface area (Å²) >= 11 is 1.26. The maximum Gasteiger partial charge on any atom is 0.271 e. The second-order valence-corrected chi connectivity index (χ2v) is 5.41. The SMILES string of the molecule is O=C(NCc1ccc(F)cc1F)c1csc(-c2cnccn2)n1. The Hall–Kier alpha value is -2.74. The minimum atomic E-state index is -0.705. The lowest BCUT2D eigenvalue weighted by atomic mass is 10.2. The maximum absolute atomic E-state index is 13.5. The summed E-state index contributed by atoms with van der Waals surface area (Å²) < 4.78 is 26.3. The molecule has 8 heteroatoms. The maximum atomic E-state index is 13.5. The molecular formula is C15H10F2N4OS. The van der Waals surface area contributed by atoms with E-state index in [-0.39, 0.29) is 17.8 Å². The molecule has 23 heavy (non-hydrogen) atoms. The topological polar surface area (TPSA) is 67.8 Å². The van der Waals surface area contributed by atoms with Crippen LogP contribution in [0.5, 0.6) is 0 Å². The average Bonchev–Trinajstić information content (AvgIpc) is 3.05. The third-order valence-electron chi connectivity index (χ3n) is 2.97. The molecule has 2 heterocycles. The fourth-order valence-corrected chi connectivity index (χ4v) is 2.60. The molecule has 1 aromatic carbocycles. The van der Waals surface area contributed by atoms with Gasteiger partial charge < -0.3 is 5.32 Å². The van der Waals surface area contributed by atoms with Crippen molar-refractivity contribution in [2.45, 2.75) is 6.54 Å². The van der Waals surface area contributed by atoms with Crippen LogP contribution in [-0.2, 0) is 6.54 Å². The van der Waals surface area contributed by atoms with E-state index in [0.717, 1.165) is 12.1 Å². The van der Waals surface area contributed by atoms with Gasteiger partial charge in [-0.2, -0.15) is 0 Å². The van der Waals surface area contributed by atoms with Crippen molar-refractivity contribution in [1.29, 1.82) is 0 Å². The molecule has 1 N–H and O–H groups in total. The number of nitrogens with one attached hydrogen (secondary N) is 1. The summed E-state index contributed by atoms with van der Waals surface area (Å²) in [6, 6.07) is 3.20. The number of aromatic nitrogens is 3. The number of benzene rings is 1. The zero-order valence-electron chi connectivity index (χ0n) is 11.7. The number of thiazole rings is 1. The van der Waals surface area contributed by atoms with E-state index >= 15 is 0 Å². The van der Waals surface area contributed by atoms with E-state index in [1.807, 2.05) is 0 Å². The quantitative estimate of drug-likeness (QED) is 0.798. The highest BCUT2D eigenvalue weighted by atomic mass is 32.1. The zero-order valence-corrected chi connectivity index (χ0v) is 12.5. The van der Waals surface area contributed by atoms with E-state index < -0.39 is 17.5 Å². The molecule has 0 aliphatic rings. The molecule has 0 fully saturated rings. The number of halogens is 2. The molecule has 0 spiro atoms. The van der Waals surface area contributed by atoms with E-state index in [0.29, 0.717) is 10.7 Å². The first-order chi connectivity index (χ1) is 11.1. The van der Waals surface area contributed by atoms with E-state index in [1.54, 1.807) is 17.8 Å². The smallest absolute Gasteiger partial charge is 0.271 e. The first kappa shape index (κ1) is 15.2. The van der Waals surface area contributed by atoms with Gasteiger partial charge >= 0.3 is 0 Å². The minimum absolute atomic E-state index is 0.0526. The van der Waals surface area contributed by atoms with Crippen molar-refractivity contribution in [3.05, 3.63) is 65.1 Å². The highest BCUT2D eigenvalue weighted by molar-refractivity contribution is 7.13. The highest BCUT2D eigenvalue weighted by Gasteiger charge is 2.13. The summed E-state index contributed by atoms with van der Waals surface area (Å²) in [6.07, 6.45) is 4.63. The van der Waals surface area contributed by atoms with Crippen molar-refractivity contribution in [3.8, 4) is 10.7 Å². The number of carbonyl (C=O) groups is 1. The molecule has 0 saturated heterocycles. The number of amides is 1. The lowest BCUT2D eigenvalue weighted by Crippen LogP contribution is -2.23. The molecule has 0 saturated carbocycles. The van der Waals surface area contributed by atoms with E-state index in [1.165, 1.54) is 23.6 Å². The fourth-order valence-electron chi connectivity index (χ4n) is 1.84. The molecule has 0 bridgehead atoms. The van der Waals surface area contributed by atoms with Gasteiger partial charge in [-0.3, -0.25) is 14.8 Å². The molecule has 0 aliphatic carbocycles. The van der Waals surface area contributed by atoms with E-state index in [9.17, 15) is 13.6 Å².